The van der Waals surface area contributed by atoms with E-state index in [2.05, 4.69) is 22.3 Å². The van der Waals surface area contributed by atoms with Crippen LogP contribution in [0.2, 0.25) is 0 Å². The molecule has 0 spiro atoms. The lowest BCUT2D eigenvalue weighted by molar-refractivity contribution is -0.131. The third kappa shape index (κ3) is 3.87. The number of hydrogen-bond acceptors (Lipinski definition) is 5. The summed E-state index contributed by atoms with van der Waals surface area (Å²) in [6.45, 7) is 3.06. The number of H-pyrrole nitrogens is 1. The van der Waals surface area contributed by atoms with Crippen LogP contribution in [0.15, 0.2) is 42.5 Å². The average molecular weight is 397 g/mol. The molecule has 0 fully saturated rings. The first-order valence-corrected chi connectivity index (χ1v) is 9.59. The third-order valence-electron chi connectivity index (χ3n) is 5.15. The number of hydrogen-bond donors (Lipinski definition) is 1. The van der Waals surface area contributed by atoms with Crippen LogP contribution in [0.1, 0.15) is 33.6 Å². The van der Waals surface area contributed by atoms with Crippen molar-refractivity contribution in [3.05, 3.63) is 76.1 Å². The van der Waals surface area contributed by atoms with E-state index in [0.717, 1.165) is 6.42 Å². The number of fused-ring (bicyclic) bond motifs is 1. The van der Waals surface area contributed by atoms with E-state index < -0.39 is 0 Å². The van der Waals surface area contributed by atoms with Gasteiger partial charge in [-0.1, -0.05) is 24.3 Å². The van der Waals surface area contributed by atoms with Crippen molar-refractivity contribution in [1.82, 2.24) is 15.1 Å². The Morgan fingerprint density at radius 3 is 2.57 bits per heavy atom. The summed E-state index contributed by atoms with van der Waals surface area (Å²) in [5, 5.41) is 25.4. The van der Waals surface area contributed by atoms with Crippen LogP contribution in [0.4, 0.5) is 0 Å². The summed E-state index contributed by atoms with van der Waals surface area (Å²) >= 11 is 0. The first-order valence-electron chi connectivity index (χ1n) is 9.59. The number of nitriles is 2. The van der Waals surface area contributed by atoms with Crippen LogP contribution < -0.4 is 4.74 Å². The second-order valence-corrected chi connectivity index (χ2v) is 7.21. The number of carbonyl (C=O) groups is 1. The summed E-state index contributed by atoms with van der Waals surface area (Å²) in [6, 6.07) is 16.8. The molecule has 0 saturated carbocycles. The van der Waals surface area contributed by atoms with Gasteiger partial charge in [0.15, 0.2) is 5.75 Å². The zero-order valence-electron chi connectivity index (χ0n) is 16.5. The van der Waals surface area contributed by atoms with Crippen LogP contribution in [0.5, 0.6) is 11.5 Å². The monoisotopic (exact) mass is 397 g/mol. The second kappa shape index (κ2) is 8.10. The topological polar surface area (TPSA) is 106 Å². The highest BCUT2D eigenvalue weighted by molar-refractivity contribution is 5.79. The smallest absolute Gasteiger partial charge is 0.229 e. The number of aromatic amines is 1. The summed E-state index contributed by atoms with van der Waals surface area (Å²) in [6.07, 6.45) is 0.938. The highest BCUT2D eigenvalue weighted by Crippen LogP contribution is 2.30. The molecule has 2 heterocycles. The van der Waals surface area contributed by atoms with Crippen LogP contribution in [0.25, 0.3) is 0 Å². The highest BCUT2D eigenvalue weighted by Gasteiger charge is 2.23. The third-order valence-corrected chi connectivity index (χ3v) is 5.15. The van der Waals surface area contributed by atoms with E-state index in [0.29, 0.717) is 47.1 Å². The van der Waals surface area contributed by atoms with E-state index in [-0.39, 0.29) is 12.3 Å². The molecule has 0 aliphatic carbocycles. The number of nitrogens with one attached hydrogen (secondary N) is 1. The van der Waals surface area contributed by atoms with Crippen molar-refractivity contribution in [3.63, 3.8) is 0 Å². The number of ether oxygens (including phenoxy) is 1. The Morgan fingerprint density at radius 2 is 1.87 bits per heavy atom. The van der Waals surface area contributed by atoms with Gasteiger partial charge in [0, 0.05) is 13.1 Å². The van der Waals surface area contributed by atoms with Crippen molar-refractivity contribution in [2.24, 2.45) is 0 Å². The molecule has 1 aliphatic rings. The molecular weight excluding hydrogens is 378 g/mol. The fourth-order valence-electron chi connectivity index (χ4n) is 3.59. The summed E-state index contributed by atoms with van der Waals surface area (Å²) in [7, 11) is 0. The summed E-state index contributed by atoms with van der Waals surface area (Å²) in [4.78, 5) is 14.8. The molecule has 0 saturated heterocycles. The van der Waals surface area contributed by atoms with E-state index >= 15 is 0 Å². The van der Waals surface area contributed by atoms with Crippen LogP contribution in [0.3, 0.4) is 0 Å². The lowest BCUT2D eigenvalue weighted by Crippen LogP contribution is -2.37. The number of benzene rings is 2. The Hall–Kier alpha value is -4.10. The van der Waals surface area contributed by atoms with Gasteiger partial charge in [-0.05, 0) is 42.7 Å². The SMILES string of the molecule is Cc1[nH]nc(CC(=O)N2CCc3ccccc3C2)c1Oc1cc(C#N)cc(C#N)c1. The molecule has 0 unspecified atom stereocenters. The van der Waals surface area contributed by atoms with Gasteiger partial charge in [0.25, 0.3) is 0 Å². The minimum atomic E-state index is -0.0238. The normalized spacial score (nSPS) is 12.6. The maximum atomic E-state index is 12.9. The molecule has 1 aromatic heterocycles. The van der Waals surface area contributed by atoms with Crippen molar-refractivity contribution >= 4 is 5.91 Å². The van der Waals surface area contributed by atoms with Crippen molar-refractivity contribution < 1.29 is 9.53 Å². The molecule has 0 radical (unpaired) electrons. The number of amides is 1. The molecule has 7 nitrogen and oxygen atoms in total. The molecule has 4 rings (SSSR count). The maximum Gasteiger partial charge on any atom is 0.229 e. The highest BCUT2D eigenvalue weighted by atomic mass is 16.5. The van der Waals surface area contributed by atoms with Crippen molar-refractivity contribution in [2.45, 2.75) is 26.3 Å². The van der Waals surface area contributed by atoms with Gasteiger partial charge < -0.3 is 9.64 Å². The van der Waals surface area contributed by atoms with E-state index in [1.165, 1.54) is 17.2 Å². The lowest BCUT2D eigenvalue weighted by atomic mass is 9.99. The van der Waals surface area contributed by atoms with Crippen LogP contribution in [-0.4, -0.2) is 27.5 Å². The minimum Gasteiger partial charge on any atom is -0.453 e. The zero-order valence-corrected chi connectivity index (χ0v) is 16.5. The number of aryl methyl sites for hydroxylation is 1. The quantitative estimate of drug-likeness (QED) is 0.726. The number of carbonyl (C=O) groups excluding carboxylic acids is 1. The number of rotatable bonds is 4. The largest absolute Gasteiger partial charge is 0.453 e. The van der Waals surface area contributed by atoms with E-state index in [1.54, 1.807) is 19.1 Å². The predicted molar refractivity (Wildman–Crippen MR) is 109 cm³/mol. The molecule has 1 N–H and O–H groups in total. The Labute approximate surface area is 174 Å². The van der Waals surface area contributed by atoms with E-state index in [9.17, 15) is 4.79 Å². The van der Waals surface area contributed by atoms with Gasteiger partial charge in [-0.2, -0.15) is 15.6 Å². The van der Waals surface area contributed by atoms with Crippen LogP contribution in [-0.2, 0) is 24.2 Å². The maximum absolute atomic E-state index is 12.9. The minimum absolute atomic E-state index is 0.0238. The van der Waals surface area contributed by atoms with Crippen LogP contribution in [0, 0.1) is 29.6 Å². The summed E-state index contributed by atoms with van der Waals surface area (Å²) < 4.78 is 5.94. The van der Waals surface area contributed by atoms with Crippen molar-refractivity contribution in [1.29, 1.82) is 10.5 Å². The van der Waals surface area contributed by atoms with Gasteiger partial charge in [0.1, 0.15) is 11.4 Å². The molecule has 148 valence electrons. The molecular formula is C23H19N5O2. The van der Waals surface area contributed by atoms with Crippen LogP contribution >= 0.6 is 0 Å². The Kier molecular flexibility index (Phi) is 5.19. The summed E-state index contributed by atoms with van der Waals surface area (Å²) in [5.41, 5.74) is 4.28. The van der Waals surface area contributed by atoms with E-state index in [1.807, 2.05) is 29.2 Å². The fourth-order valence-corrected chi connectivity index (χ4v) is 3.59. The Balaban J connectivity index is 1.53. The molecule has 7 heteroatoms. The van der Waals surface area contributed by atoms with Crippen molar-refractivity contribution in [3.8, 4) is 23.6 Å². The first-order chi connectivity index (χ1) is 14.6. The van der Waals surface area contributed by atoms with E-state index in [4.69, 9.17) is 15.3 Å². The van der Waals surface area contributed by atoms with Gasteiger partial charge in [0.05, 0.1) is 35.4 Å². The van der Waals surface area contributed by atoms with Gasteiger partial charge in [-0.3, -0.25) is 9.89 Å². The predicted octanol–water partition coefficient (Wildman–Crippen LogP) is 3.38. The molecule has 1 amide bonds. The Morgan fingerprint density at radius 1 is 1.17 bits per heavy atom. The second-order valence-electron chi connectivity index (χ2n) is 7.21. The molecule has 30 heavy (non-hydrogen) atoms. The molecule has 0 bridgehead atoms. The average Bonchev–Trinajstić information content (AvgIpc) is 3.11. The van der Waals surface area contributed by atoms with Gasteiger partial charge in [-0.15, -0.1) is 0 Å². The summed E-state index contributed by atoms with van der Waals surface area (Å²) in [5.74, 6) is 0.778. The number of aromatic nitrogens is 2. The molecule has 3 aromatic rings. The first kappa shape index (κ1) is 19.2. The zero-order chi connectivity index (χ0) is 21.1. The fraction of sp³-hybridized carbons (Fsp3) is 0.217. The van der Waals surface area contributed by atoms with Crippen molar-refractivity contribution in [2.75, 3.05) is 6.54 Å². The number of nitrogens with zero attached hydrogens (tertiary/aromatic N) is 4. The Bertz CT molecular complexity index is 1170. The van der Waals surface area contributed by atoms with Gasteiger partial charge in [0.2, 0.25) is 5.91 Å². The molecule has 0 atom stereocenters. The lowest BCUT2D eigenvalue weighted by Gasteiger charge is -2.28. The molecule has 1 aliphatic heterocycles. The standard InChI is InChI=1S/C23H19N5O2/c1-15-23(30-20-9-16(12-24)8-17(10-20)13-25)21(27-26-15)11-22(29)28-7-6-18-4-2-3-5-19(18)14-28/h2-5,8-10H,6-7,11,14H2,1H3,(H,26,27). The van der Waals surface area contributed by atoms with Gasteiger partial charge in [-0.25, -0.2) is 0 Å². The molecule has 2 aromatic carbocycles. The van der Waals surface area contributed by atoms with Gasteiger partial charge >= 0.3 is 0 Å².